The summed E-state index contributed by atoms with van der Waals surface area (Å²) in [6, 6.07) is 16.6. The number of thioether (sulfide) groups is 1. The van der Waals surface area contributed by atoms with Gasteiger partial charge < -0.3 is 4.18 Å². The molecule has 4 rings (SSSR count). The third-order valence-electron chi connectivity index (χ3n) is 4.50. The Balaban J connectivity index is 1.32. The lowest BCUT2D eigenvalue weighted by Crippen LogP contribution is -2.19. The molecule has 10 nitrogen and oxygen atoms in total. The second-order valence-electron chi connectivity index (χ2n) is 7.01. The Hall–Kier alpha value is -3.33. The maximum absolute atomic E-state index is 12.5. The van der Waals surface area contributed by atoms with E-state index in [-0.39, 0.29) is 28.0 Å². The highest BCUT2D eigenvalue weighted by molar-refractivity contribution is 9.10. The predicted molar refractivity (Wildman–Crippen MR) is 141 cm³/mol. The molecule has 0 atom stereocenters. The molecule has 0 fully saturated rings. The lowest BCUT2D eigenvalue weighted by molar-refractivity contribution is -0.384. The van der Waals surface area contributed by atoms with Crippen LogP contribution in [0.1, 0.15) is 5.56 Å². The number of nitrogens with zero attached hydrogens (tertiary/aromatic N) is 3. The molecule has 1 aromatic heterocycles. The van der Waals surface area contributed by atoms with Crippen LogP contribution in [0, 0.1) is 10.1 Å². The van der Waals surface area contributed by atoms with Crippen molar-refractivity contribution in [3.05, 3.63) is 86.9 Å². The number of halogens is 1. The summed E-state index contributed by atoms with van der Waals surface area (Å²) < 4.78 is 32.3. The highest BCUT2D eigenvalue weighted by atomic mass is 79.9. The van der Waals surface area contributed by atoms with Gasteiger partial charge in [-0.25, -0.2) is 10.4 Å². The van der Waals surface area contributed by atoms with E-state index >= 15 is 0 Å². The molecule has 4 aromatic rings. The molecule has 3 aromatic carbocycles. The molecule has 1 amide bonds. The molecule has 0 unspecified atom stereocenters. The molecule has 14 heteroatoms. The minimum Gasteiger partial charge on any atom is -0.378 e. The molecule has 0 saturated carbocycles. The molecular weight excluding hydrogens is 592 g/mol. The summed E-state index contributed by atoms with van der Waals surface area (Å²) in [5.74, 6) is -0.140. The predicted octanol–water partition coefficient (Wildman–Crippen LogP) is 4.98. The van der Waals surface area contributed by atoms with Crippen molar-refractivity contribution in [3.63, 3.8) is 0 Å². The van der Waals surface area contributed by atoms with Crippen LogP contribution in [-0.2, 0) is 14.9 Å². The Morgan fingerprint density at radius 1 is 1.19 bits per heavy atom. The molecule has 0 aliphatic heterocycles. The van der Waals surface area contributed by atoms with Crippen LogP contribution < -0.4 is 9.61 Å². The van der Waals surface area contributed by atoms with Gasteiger partial charge in [0.1, 0.15) is 4.90 Å². The van der Waals surface area contributed by atoms with Gasteiger partial charge in [0.05, 0.1) is 31.6 Å². The fraction of sp³-hybridized carbons (Fsp3) is 0.0455. The second-order valence-corrected chi connectivity index (χ2v) is 11.7. The number of nitrogens with one attached hydrogen (secondary N) is 1. The summed E-state index contributed by atoms with van der Waals surface area (Å²) in [5.41, 5.74) is 3.66. The van der Waals surface area contributed by atoms with Crippen molar-refractivity contribution in [2.45, 2.75) is 9.24 Å². The maximum Gasteiger partial charge on any atom is 0.339 e. The minimum absolute atomic E-state index is 0.0155. The summed E-state index contributed by atoms with van der Waals surface area (Å²) in [5, 5.41) is 14.7. The summed E-state index contributed by atoms with van der Waals surface area (Å²) in [4.78, 5) is 26.4. The van der Waals surface area contributed by atoms with Crippen LogP contribution in [0.2, 0.25) is 0 Å². The highest BCUT2D eigenvalue weighted by Gasteiger charge is 2.19. The standard InChI is InChI=1S/C22H15BrN4O6S3/c23-17-11-14(5-10-19(17)33-36(31,32)16-8-6-15(7-9-16)27(29)30)12-24-26-21(28)13-34-22-25-18-3-1-2-4-20(18)35-22/h1-12H,13H2,(H,26,28)/b24-12-. The number of non-ortho nitro benzene ring substituents is 1. The Bertz CT molecular complexity index is 1540. The molecule has 0 saturated heterocycles. The maximum atomic E-state index is 12.5. The largest absolute Gasteiger partial charge is 0.378 e. The normalized spacial score (nSPS) is 11.6. The van der Waals surface area contributed by atoms with Crippen LogP contribution in [0.25, 0.3) is 10.2 Å². The Morgan fingerprint density at radius 3 is 2.64 bits per heavy atom. The Morgan fingerprint density at radius 2 is 1.94 bits per heavy atom. The smallest absolute Gasteiger partial charge is 0.339 e. The number of benzene rings is 3. The summed E-state index contributed by atoms with van der Waals surface area (Å²) >= 11 is 6.08. The van der Waals surface area contributed by atoms with Gasteiger partial charge in [0.25, 0.3) is 11.6 Å². The van der Waals surface area contributed by atoms with E-state index in [1.54, 1.807) is 12.1 Å². The van der Waals surface area contributed by atoms with Crippen molar-refractivity contribution in [3.8, 4) is 5.75 Å². The number of para-hydroxylation sites is 1. The van der Waals surface area contributed by atoms with Crippen molar-refractivity contribution in [2.24, 2.45) is 5.10 Å². The van der Waals surface area contributed by atoms with Crippen molar-refractivity contribution in [1.82, 2.24) is 10.4 Å². The van der Waals surface area contributed by atoms with Crippen molar-refractivity contribution >= 4 is 77.2 Å². The lowest BCUT2D eigenvalue weighted by Gasteiger charge is -2.09. The van der Waals surface area contributed by atoms with E-state index in [2.05, 4.69) is 31.4 Å². The van der Waals surface area contributed by atoms with E-state index in [9.17, 15) is 23.3 Å². The number of nitro benzene ring substituents is 1. The van der Waals surface area contributed by atoms with Crippen LogP contribution in [-0.4, -0.2) is 36.2 Å². The van der Waals surface area contributed by atoms with Gasteiger partial charge in [-0.15, -0.1) is 11.3 Å². The molecule has 0 aliphatic carbocycles. The van der Waals surface area contributed by atoms with Gasteiger partial charge in [-0.05, 0) is 64.0 Å². The van der Waals surface area contributed by atoms with Crippen molar-refractivity contribution in [1.29, 1.82) is 0 Å². The van der Waals surface area contributed by atoms with Crippen LogP contribution in [0.3, 0.4) is 0 Å². The van der Waals surface area contributed by atoms with Crippen LogP contribution in [0.4, 0.5) is 5.69 Å². The van der Waals surface area contributed by atoms with Gasteiger partial charge in [0, 0.05) is 12.1 Å². The molecule has 184 valence electrons. The van der Waals surface area contributed by atoms with Crippen molar-refractivity contribution in [2.75, 3.05) is 5.75 Å². The number of amides is 1. The monoisotopic (exact) mass is 606 g/mol. The molecule has 0 spiro atoms. The van der Waals surface area contributed by atoms with E-state index in [0.717, 1.165) is 38.8 Å². The van der Waals surface area contributed by atoms with Gasteiger partial charge in [-0.3, -0.25) is 14.9 Å². The number of hydrogen-bond acceptors (Lipinski definition) is 10. The molecule has 36 heavy (non-hydrogen) atoms. The number of carbonyl (C=O) groups is 1. The van der Waals surface area contributed by atoms with Gasteiger partial charge in [0.15, 0.2) is 10.1 Å². The first-order valence-electron chi connectivity index (χ1n) is 10.00. The molecule has 0 radical (unpaired) electrons. The fourth-order valence-electron chi connectivity index (χ4n) is 2.82. The zero-order valence-electron chi connectivity index (χ0n) is 18.0. The average Bonchev–Trinajstić information content (AvgIpc) is 3.27. The number of hydrogen-bond donors (Lipinski definition) is 1. The van der Waals surface area contributed by atoms with Crippen LogP contribution in [0.5, 0.6) is 5.75 Å². The zero-order valence-corrected chi connectivity index (χ0v) is 22.1. The molecule has 0 aliphatic rings. The molecule has 0 bridgehead atoms. The highest BCUT2D eigenvalue weighted by Crippen LogP contribution is 2.30. The average molecular weight is 607 g/mol. The number of rotatable bonds is 9. The zero-order chi connectivity index (χ0) is 25.7. The number of fused-ring (bicyclic) bond motifs is 1. The Kier molecular flexibility index (Phi) is 7.98. The number of carbonyl (C=O) groups excluding carboxylic acids is 1. The minimum atomic E-state index is -4.21. The van der Waals surface area contributed by atoms with E-state index in [1.807, 2.05) is 24.3 Å². The number of aromatic nitrogens is 1. The first kappa shape index (κ1) is 25.8. The second kappa shape index (κ2) is 11.2. The fourth-order valence-corrected chi connectivity index (χ4v) is 6.21. The quantitative estimate of drug-likeness (QED) is 0.0924. The van der Waals surface area contributed by atoms with E-state index in [4.69, 9.17) is 4.18 Å². The van der Waals surface area contributed by atoms with E-state index in [1.165, 1.54) is 35.4 Å². The SMILES string of the molecule is O=C(CSc1nc2ccccc2s1)N/N=C\c1ccc(OS(=O)(=O)c2ccc([N+](=O)[O-])cc2)c(Br)c1. The summed E-state index contributed by atoms with van der Waals surface area (Å²) in [6.45, 7) is 0. The van der Waals surface area contributed by atoms with Crippen molar-refractivity contribution < 1.29 is 22.3 Å². The van der Waals surface area contributed by atoms with Crippen LogP contribution in [0.15, 0.2) is 85.5 Å². The Labute approximate surface area is 221 Å². The van der Waals surface area contributed by atoms with Gasteiger partial charge in [0.2, 0.25) is 0 Å². The van der Waals surface area contributed by atoms with E-state index in [0.29, 0.717) is 10.0 Å². The first-order chi connectivity index (χ1) is 17.2. The van der Waals surface area contributed by atoms with E-state index < -0.39 is 15.0 Å². The van der Waals surface area contributed by atoms with Gasteiger partial charge in [-0.2, -0.15) is 13.5 Å². The topological polar surface area (TPSA) is 141 Å². The molecular formula is C22H15BrN4O6S3. The number of thiazole rings is 1. The lowest BCUT2D eigenvalue weighted by atomic mass is 10.2. The molecule has 1 N–H and O–H groups in total. The number of hydrazone groups is 1. The number of nitro groups is 1. The summed E-state index contributed by atoms with van der Waals surface area (Å²) in [7, 11) is -4.21. The van der Waals surface area contributed by atoms with Gasteiger partial charge >= 0.3 is 10.1 Å². The van der Waals surface area contributed by atoms with Gasteiger partial charge in [-0.1, -0.05) is 23.9 Å². The third kappa shape index (κ3) is 6.46. The van der Waals surface area contributed by atoms with Crippen LogP contribution >= 0.6 is 39.0 Å². The summed E-state index contributed by atoms with van der Waals surface area (Å²) in [6.07, 6.45) is 1.40. The first-order valence-corrected chi connectivity index (χ1v) is 14.0. The third-order valence-corrected chi connectivity index (χ3v) is 8.54. The molecule has 1 heterocycles.